The van der Waals surface area contributed by atoms with E-state index in [1.54, 1.807) is 12.4 Å². The third-order valence-corrected chi connectivity index (χ3v) is 4.22. The van der Waals surface area contributed by atoms with Crippen LogP contribution in [-0.4, -0.2) is 36.1 Å². The van der Waals surface area contributed by atoms with Crippen LogP contribution in [0.25, 0.3) is 0 Å². The Morgan fingerprint density at radius 2 is 1.77 bits per heavy atom. The van der Waals surface area contributed by atoms with Crippen LogP contribution in [0.1, 0.15) is 25.3 Å². The number of rotatable bonds is 3. The van der Waals surface area contributed by atoms with Crippen LogP contribution in [0.15, 0.2) is 36.8 Å². The molecule has 0 atom stereocenters. The Balaban J connectivity index is 1.73. The summed E-state index contributed by atoms with van der Waals surface area (Å²) in [5.74, 6) is 1.46. The van der Waals surface area contributed by atoms with Crippen molar-refractivity contribution in [3.63, 3.8) is 0 Å². The molecule has 2 N–H and O–H groups in total. The van der Waals surface area contributed by atoms with E-state index >= 15 is 0 Å². The second-order valence-electron chi connectivity index (χ2n) is 6.01. The number of piperazine rings is 1. The lowest BCUT2D eigenvalue weighted by Gasteiger charge is -2.37. The summed E-state index contributed by atoms with van der Waals surface area (Å²) in [6, 6.07) is 6.39. The second kappa shape index (κ2) is 6.22. The van der Waals surface area contributed by atoms with E-state index in [2.05, 4.69) is 45.7 Å². The number of hydrogen-bond donors (Lipinski definition) is 1. The fourth-order valence-corrected chi connectivity index (χ4v) is 2.82. The van der Waals surface area contributed by atoms with Gasteiger partial charge in [-0.05, 0) is 23.6 Å². The van der Waals surface area contributed by atoms with Gasteiger partial charge in [0.25, 0.3) is 0 Å². The highest BCUT2D eigenvalue weighted by atomic mass is 15.3. The molecule has 0 radical (unpaired) electrons. The first-order valence-electron chi connectivity index (χ1n) is 7.80. The molecule has 3 rings (SSSR count). The molecule has 5 nitrogen and oxygen atoms in total. The van der Waals surface area contributed by atoms with Crippen LogP contribution in [-0.2, 0) is 0 Å². The maximum atomic E-state index is 6.19. The first-order valence-corrected chi connectivity index (χ1v) is 7.80. The molecule has 2 aromatic rings. The molecule has 1 aromatic carbocycles. The molecule has 0 spiro atoms. The van der Waals surface area contributed by atoms with Gasteiger partial charge < -0.3 is 15.5 Å². The fraction of sp³-hybridized carbons (Fsp3) is 0.412. The minimum absolute atomic E-state index is 0.514. The maximum absolute atomic E-state index is 6.19. The zero-order valence-electron chi connectivity index (χ0n) is 13.2. The van der Waals surface area contributed by atoms with Crippen molar-refractivity contribution in [1.29, 1.82) is 0 Å². The predicted octanol–water partition coefficient (Wildman–Crippen LogP) is 2.51. The van der Waals surface area contributed by atoms with E-state index in [9.17, 15) is 0 Å². The van der Waals surface area contributed by atoms with E-state index < -0.39 is 0 Å². The Labute approximate surface area is 131 Å². The standard InChI is InChI=1S/C17H23N5/c1-13(2)14-3-4-15(18)16(11-14)21-7-9-22(10-8-21)17-12-19-5-6-20-17/h3-6,11-13H,7-10,18H2,1-2H3. The van der Waals surface area contributed by atoms with Crippen molar-refractivity contribution in [2.75, 3.05) is 41.7 Å². The monoisotopic (exact) mass is 297 g/mol. The normalized spacial score (nSPS) is 15.4. The van der Waals surface area contributed by atoms with Gasteiger partial charge in [-0.15, -0.1) is 0 Å². The van der Waals surface area contributed by atoms with E-state index in [1.807, 2.05) is 12.3 Å². The predicted molar refractivity (Wildman–Crippen MR) is 91.4 cm³/mol. The number of aromatic nitrogens is 2. The Morgan fingerprint density at radius 1 is 1.05 bits per heavy atom. The van der Waals surface area contributed by atoms with Gasteiger partial charge in [0, 0.05) is 38.6 Å². The topological polar surface area (TPSA) is 58.3 Å². The molecule has 1 saturated heterocycles. The first kappa shape index (κ1) is 14.6. The quantitative estimate of drug-likeness (QED) is 0.882. The van der Waals surface area contributed by atoms with Crippen LogP contribution in [0.3, 0.4) is 0 Å². The molecule has 5 heteroatoms. The molecule has 0 amide bonds. The molecule has 0 aliphatic carbocycles. The highest BCUT2D eigenvalue weighted by Crippen LogP contribution is 2.29. The van der Waals surface area contributed by atoms with Crippen molar-refractivity contribution in [3.8, 4) is 0 Å². The van der Waals surface area contributed by atoms with Crippen molar-refractivity contribution in [2.45, 2.75) is 19.8 Å². The molecule has 1 aliphatic rings. The van der Waals surface area contributed by atoms with Crippen LogP contribution in [0, 0.1) is 0 Å². The van der Waals surface area contributed by atoms with E-state index in [4.69, 9.17) is 5.73 Å². The Morgan fingerprint density at radius 3 is 2.41 bits per heavy atom. The van der Waals surface area contributed by atoms with E-state index in [1.165, 1.54) is 5.56 Å². The lowest BCUT2D eigenvalue weighted by Crippen LogP contribution is -2.47. The van der Waals surface area contributed by atoms with Gasteiger partial charge in [-0.3, -0.25) is 4.98 Å². The molecule has 0 saturated carbocycles. The molecular weight excluding hydrogens is 274 g/mol. The minimum Gasteiger partial charge on any atom is -0.397 e. The highest BCUT2D eigenvalue weighted by Gasteiger charge is 2.20. The van der Waals surface area contributed by atoms with Crippen LogP contribution >= 0.6 is 0 Å². The van der Waals surface area contributed by atoms with Crippen LogP contribution < -0.4 is 15.5 Å². The van der Waals surface area contributed by atoms with Crippen molar-refractivity contribution in [2.24, 2.45) is 0 Å². The number of hydrogen-bond acceptors (Lipinski definition) is 5. The molecule has 0 unspecified atom stereocenters. The van der Waals surface area contributed by atoms with Gasteiger partial charge in [0.1, 0.15) is 5.82 Å². The maximum Gasteiger partial charge on any atom is 0.147 e. The average Bonchev–Trinajstić information content (AvgIpc) is 2.56. The van der Waals surface area contributed by atoms with E-state index in [0.29, 0.717) is 5.92 Å². The summed E-state index contributed by atoms with van der Waals surface area (Å²) in [5.41, 5.74) is 9.54. The Hall–Kier alpha value is -2.30. The number of nitrogens with zero attached hydrogens (tertiary/aromatic N) is 4. The zero-order chi connectivity index (χ0) is 15.5. The molecule has 1 aromatic heterocycles. The van der Waals surface area contributed by atoms with Crippen LogP contribution in [0.2, 0.25) is 0 Å². The molecular formula is C17H23N5. The number of benzene rings is 1. The Bertz CT molecular complexity index is 618. The number of nitrogens with two attached hydrogens (primary N) is 1. The minimum atomic E-state index is 0.514. The third-order valence-electron chi connectivity index (χ3n) is 4.22. The van der Waals surface area contributed by atoms with Crippen molar-refractivity contribution in [3.05, 3.63) is 42.4 Å². The summed E-state index contributed by atoms with van der Waals surface area (Å²) in [6.07, 6.45) is 5.27. The zero-order valence-corrected chi connectivity index (χ0v) is 13.2. The van der Waals surface area contributed by atoms with Gasteiger partial charge in [0.2, 0.25) is 0 Å². The SMILES string of the molecule is CC(C)c1ccc(N)c(N2CCN(c3cnccn3)CC2)c1. The molecule has 1 fully saturated rings. The van der Waals surface area contributed by atoms with Crippen LogP contribution in [0.5, 0.6) is 0 Å². The summed E-state index contributed by atoms with van der Waals surface area (Å²) < 4.78 is 0. The smallest absolute Gasteiger partial charge is 0.147 e. The largest absolute Gasteiger partial charge is 0.397 e. The molecule has 0 bridgehead atoms. The summed E-state index contributed by atoms with van der Waals surface area (Å²) in [6.45, 7) is 8.18. The summed E-state index contributed by atoms with van der Waals surface area (Å²) in [7, 11) is 0. The lowest BCUT2D eigenvalue weighted by atomic mass is 10.0. The van der Waals surface area contributed by atoms with E-state index in [-0.39, 0.29) is 0 Å². The van der Waals surface area contributed by atoms with Gasteiger partial charge in [0.05, 0.1) is 17.6 Å². The number of anilines is 3. The second-order valence-corrected chi connectivity index (χ2v) is 6.01. The summed E-state index contributed by atoms with van der Waals surface area (Å²) >= 11 is 0. The van der Waals surface area contributed by atoms with E-state index in [0.717, 1.165) is 43.4 Å². The van der Waals surface area contributed by atoms with Crippen molar-refractivity contribution < 1.29 is 0 Å². The van der Waals surface area contributed by atoms with Gasteiger partial charge >= 0.3 is 0 Å². The van der Waals surface area contributed by atoms with Gasteiger partial charge in [-0.1, -0.05) is 19.9 Å². The molecule has 2 heterocycles. The number of nitrogen functional groups attached to an aromatic ring is 1. The van der Waals surface area contributed by atoms with Gasteiger partial charge in [-0.25, -0.2) is 4.98 Å². The van der Waals surface area contributed by atoms with Gasteiger partial charge in [0.15, 0.2) is 0 Å². The van der Waals surface area contributed by atoms with Gasteiger partial charge in [-0.2, -0.15) is 0 Å². The molecule has 116 valence electrons. The lowest BCUT2D eigenvalue weighted by molar-refractivity contribution is 0.646. The fourth-order valence-electron chi connectivity index (χ4n) is 2.82. The highest BCUT2D eigenvalue weighted by molar-refractivity contribution is 5.69. The van der Waals surface area contributed by atoms with Crippen LogP contribution in [0.4, 0.5) is 17.2 Å². The summed E-state index contributed by atoms with van der Waals surface area (Å²) in [5, 5.41) is 0. The van der Waals surface area contributed by atoms with Crippen molar-refractivity contribution >= 4 is 17.2 Å². The third kappa shape index (κ3) is 2.98. The average molecular weight is 297 g/mol. The summed E-state index contributed by atoms with van der Waals surface area (Å²) in [4.78, 5) is 13.2. The Kier molecular flexibility index (Phi) is 4.13. The molecule has 1 aliphatic heterocycles. The molecule has 22 heavy (non-hydrogen) atoms. The van der Waals surface area contributed by atoms with Crippen molar-refractivity contribution in [1.82, 2.24) is 9.97 Å². The first-order chi connectivity index (χ1) is 10.6.